The highest BCUT2D eigenvalue weighted by molar-refractivity contribution is 5.79. The molecule has 5 nitrogen and oxygen atoms in total. The molecule has 0 amide bonds. The molecule has 1 aromatic rings. The lowest BCUT2D eigenvalue weighted by atomic mass is 9.87. The fraction of sp³-hybridized carbons (Fsp3) is 0.533. The lowest BCUT2D eigenvalue weighted by molar-refractivity contribution is -0.190. The molecule has 1 aromatic carbocycles. The molecule has 22 heavy (non-hydrogen) atoms. The molecule has 2 N–H and O–H groups in total. The van der Waals surface area contributed by atoms with Crippen molar-refractivity contribution < 1.29 is 28.2 Å². The number of aliphatic hydroxyl groups is 1. The second-order valence-electron chi connectivity index (χ2n) is 5.38. The quantitative estimate of drug-likeness (QED) is 0.828. The predicted molar refractivity (Wildman–Crippen MR) is 74.5 cm³/mol. The summed E-state index contributed by atoms with van der Waals surface area (Å²) in [6, 6.07) is 3.53. The molecular weight excluding hydrogens is 296 g/mol. The summed E-state index contributed by atoms with van der Waals surface area (Å²) in [5, 5.41) is 13.1. The largest absolute Gasteiger partial charge is 0.493 e. The Morgan fingerprint density at radius 2 is 2.36 bits per heavy atom. The van der Waals surface area contributed by atoms with Crippen molar-refractivity contribution in [3.8, 4) is 5.75 Å². The molecule has 3 rings (SSSR count). The summed E-state index contributed by atoms with van der Waals surface area (Å²) in [4.78, 5) is 11.4. The van der Waals surface area contributed by atoms with Crippen LogP contribution in [0.2, 0.25) is 0 Å². The van der Waals surface area contributed by atoms with Crippen LogP contribution < -0.4 is 10.1 Å². The summed E-state index contributed by atoms with van der Waals surface area (Å²) in [5.74, 6) is -5.88. The second-order valence-corrected chi connectivity index (χ2v) is 5.38. The maximum Gasteiger partial charge on any atom is 0.379 e. The smallest absolute Gasteiger partial charge is 0.379 e. The van der Waals surface area contributed by atoms with Crippen molar-refractivity contribution in [1.82, 2.24) is 0 Å². The Kier molecular flexibility index (Phi) is 3.68. The molecule has 120 valence electrons. The number of aliphatic hydroxyl groups excluding tert-OH is 1. The fourth-order valence-electron chi connectivity index (χ4n) is 3.07. The van der Waals surface area contributed by atoms with Gasteiger partial charge in [0.1, 0.15) is 11.9 Å². The Morgan fingerprint density at radius 3 is 3.09 bits per heavy atom. The third kappa shape index (κ3) is 2.20. The van der Waals surface area contributed by atoms with Gasteiger partial charge in [-0.3, -0.25) is 0 Å². The molecule has 0 fully saturated rings. The van der Waals surface area contributed by atoms with Gasteiger partial charge in [0.25, 0.3) is 0 Å². The summed E-state index contributed by atoms with van der Waals surface area (Å²) in [5.41, 5.74) is 2.14. The molecule has 2 aliphatic heterocycles. The lowest BCUT2D eigenvalue weighted by Gasteiger charge is -2.26. The van der Waals surface area contributed by atoms with Crippen molar-refractivity contribution in [3.63, 3.8) is 0 Å². The molecule has 0 bridgehead atoms. The van der Waals surface area contributed by atoms with E-state index in [0.717, 1.165) is 5.56 Å². The highest BCUT2D eigenvalue weighted by Gasteiger charge is 2.53. The molecule has 7 heteroatoms. The summed E-state index contributed by atoms with van der Waals surface area (Å²) in [6.07, 6.45) is -1.54. The van der Waals surface area contributed by atoms with Gasteiger partial charge in [-0.15, -0.1) is 0 Å². The minimum atomic E-state index is -3.95. The molecule has 2 atom stereocenters. The molecule has 2 heterocycles. The van der Waals surface area contributed by atoms with Crippen molar-refractivity contribution in [2.45, 2.75) is 31.3 Å². The first kappa shape index (κ1) is 15.0. The molecule has 0 saturated heterocycles. The standard InChI is InChI=1S/C15H17F2NO4/c1-2-21-14(20)15(16,17)13(19)9-7-18-10-3-4-11-8(12(9)10)5-6-22-11/h3-4,9,13,18-19H,2,5-7H2,1H3. The van der Waals surface area contributed by atoms with E-state index in [4.69, 9.17) is 4.74 Å². The van der Waals surface area contributed by atoms with Gasteiger partial charge in [0.05, 0.1) is 13.2 Å². The zero-order chi connectivity index (χ0) is 15.9. The van der Waals surface area contributed by atoms with E-state index in [1.165, 1.54) is 6.92 Å². The van der Waals surface area contributed by atoms with Gasteiger partial charge in [-0.2, -0.15) is 8.78 Å². The number of carbonyl (C=O) groups excluding carboxylic acids is 1. The number of benzene rings is 1. The van der Waals surface area contributed by atoms with E-state index in [1.807, 2.05) is 0 Å². The first-order valence-corrected chi connectivity index (χ1v) is 7.22. The minimum absolute atomic E-state index is 0.141. The van der Waals surface area contributed by atoms with E-state index in [1.54, 1.807) is 12.1 Å². The maximum absolute atomic E-state index is 14.1. The maximum atomic E-state index is 14.1. The average molecular weight is 313 g/mol. The third-order valence-corrected chi connectivity index (χ3v) is 4.11. The lowest BCUT2D eigenvalue weighted by Crippen LogP contribution is -2.46. The monoisotopic (exact) mass is 313 g/mol. The van der Waals surface area contributed by atoms with E-state index in [9.17, 15) is 18.7 Å². The van der Waals surface area contributed by atoms with E-state index in [-0.39, 0.29) is 13.2 Å². The summed E-state index contributed by atoms with van der Waals surface area (Å²) < 4.78 is 38.0. The molecule has 0 saturated carbocycles. The Labute approximate surface area is 126 Å². The van der Waals surface area contributed by atoms with Crippen molar-refractivity contribution in [3.05, 3.63) is 23.3 Å². The molecule has 2 unspecified atom stereocenters. The number of hydrogen-bond donors (Lipinski definition) is 2. The van der Waals surface area contributed by atoms with Gasteiger partial charge in [0, 0.05) is 30.1 Å². The van der Waals surface area contributed by atoms with Crippen LogP contribution in [0.25, 0.3) is 0 Å². The number of rotatable bonds is 4. The topological polar surface area (TPSA) is 67.8 Å². The minimum Gasteiger partial charge on any atom is -0.493 e. The first-order chi connectivity index (χ1) is 10.5. The number of carbonyl (C=O) groups is 1. The van der Waals surface area contributed by atoms with Crippen LogP contribution in [-0.4, -0.2) is 42.9 Å². The van der Waals surface area contributed by atoms with E-state index in [0.29, 0.717) is 30.0 Å². The highest BCUT2D eigenvalue weighted by Crippen LogP contribution is 2.45. The Balaban J connectivity index is 1.93. The number of hydrogen-bond acceptors (Lipinski definition) is 5. The second kappa shape index (κ2) is 5.39. The van der Waals surface area contributed by atoms with Gasteiger partial charge in [0.15, 0.2) is 0 Å². The molecule has 0 aromatic heterocycles. The van der Waals surface area contributed by atoms with Gasteiger partial charge in [0.2, 0.25) is 0 Å². The molecule has 0 aliphatic carbocycles. The van der Waals surface area contributed by atoms with Crippen LogP contribution in [0.4, 0.5) is 14.5 Å². The number of anilines is 1. The van der Waals surface area contributed by atoms with Gasteiger partial charge in [-0.05, 0) is 24.6 Å². The zero-order valence-corrected chi connectivity index (χ0v) is 12.1. The Morgan fingerprint density at radius 1 is 1.59 bits per heavy atom. The van der Waals surface area contributed by atoms with Crippen molar-refractivity contribution in [1.29, 1.82) is 0 Å². The summed E-state index contributed by atoms with van der Waals surface area (Å²) in [6.45, 7) is 1.91. The molecular formula is C15H17F2NO4. The number of fused-ring (bicyclic) bond motifs is 3. The van der Waals surface area contributed by atoms with E-state index in [2.05, 4.69) is 10.1 Å². The average Bonchev–Trinajstić information content (AvgIpc) is 3.12. The van der Waals surface area contributed by atoms with Crippen molar-refractivity contribution >= 4 is 11.7 Å². The van der Waals surface area contributed by atoms with Crippen LogP contribution in [-0.2, 0) is 16.0 Å². The highest BCUT2D eigenvalue weighted by atomic mass is 19.3. The third-order valence-electron chi connectivity index (χ3n) is 4.11. The molecule has 0 spiro atoms. The predicted octanol–water partition coefficient (Wildman–Crippen LogP) is 1.69. The summed E-state index contributed by atoms with van der Waals surface area (Å²) >= 11 is 0. The van der Waals surface area contributed by atoms with Crippen LogP contribution in [0.15, 0.2) is 12.1 Å². The Hall–Kier alpha value is -1.89. The number of ether oxygens (including phenoxy) is 2. The molecule has 2 aliphatic rings. The number of nitrogens with one attached hydrogen (secondary N) is 1. The number of esters is 1. The van der Waals surface area contributed by atoms with Crippen molar-refractivity contribution in [2.75, 3.05) is 25.1 Å². The first-order valence-electron chi connectivity index (χ1n) is 7.22. The fourth-order valence-corrected chi connectivity index (χ4v) is 3.07. The van der Waals surface area contributed by atoms with Crippen LogP contribution in [0.3, 0.4) is 0 Å². The van der Waals surface area contributed by atoms with Crippen molar-refractivity contribution in [2.24, 2.45) is 0 Å². The van der Waals surface area contributed by atoms with Gasteiger partial charge in [-0.1, -0.05) is 0 Å². The van der Waals surface area contributed by atoms with Crippen LogP contribution in [0.5, 0.6) is 5.75 Å². The SMILES string of the molecule is CCOC(=O)C(F)(F)C(O)C1CNc2ccc3c(c21)CCO3. The van der Waals surface area contributed by atoms with Gasteiger partial charge >= 0.3 is 11.9 Å². The Bertz CT molecular complexity index is 605. The van der Waals surface area contributed by atoms with Gasteiger partial charge < -0.3 is 19.9 Å². The van der Waals surface area contributed by atoms with E-state index < -0.39 is 23.9 Å². The summed E-state index contributed by atoms with van der Waals surface area (Å²) in [7, 11) is 0. The number of halogens is 2. The zero-order valence-electron chi connectivity index (χ0n) is 12.1. The van der Waals surface area contributed by atoms with Crippen LogP contribution >= 0.6 is 0 Å². The van der Waals surface area contributed by atoms with Crippen LogP contribution in [0.1, 0.15) is 24.0 Å². The van der Waals surface area contributed by atoms with E-state index >= 15 is 0 Å². The number of alkyl halides is 2. The normalized spacial score (nSPS) is 20.6. The molecule has 0 radical (unpaired) electrons. The van der Waals surface area contributed by atoms with Gasteiger partial charge in [-0.25, -0.2) is 4.79 Å². The van der Waals surface area contributed by atoms with Crippen LogP contribution in [0, 0.1) is 0 Å².